The van der Waals surface area contributed by atoms with E-state index in [0.717, 1.165) is 11.9 Å². The first-order chi connectivity index (χ1) is 17.7. The molecule has 0 aromatic carbocycles. The molecule has 3 aromatic rings. The minimum Gasteiger partial charge on any atom is -0.486 e. The highest BCUT2D eigenvalue weighted by molar-refractivity contribution is 7.88. The molecule has 2 aliphatic rings. The number of nitrogens with zero attached hydrogens (tertiary/aromatic N) is 8. The Labute approximate surface area is 214 Å². The van der Waals surface area contributed by atoms with Crippen LogP contribution >= 0.6 is 0 Å². The molecule has 14 heteroatoms. The quantitative estimate of drug-likeness (QED) is 0.502. The van der Waals surface area contributed by atoms with E-state index in [-0.39, 0.29) is 23.5 Å². The van der Waals surface area contributed by atoms with Crippen molar-refractivity contribution in [3.05, 3.63) is 36.5 Å². The van der Waals surface area contributed by atoms with Gasteiger partial charge in [0.1, 0.15) is 18.1 Å². The lowest BCUT2D eigenvalue weighted by Crippen LogP contribution is -2.48. The lowest BCUT2D eigenvalue weighted by Gasteiger charge is -2.34. The molecule has 37 heavy (non-hydrogen) atoms. The second-order valence-electron chi connectivity index (χ2n) is 9.08. The van der Waals surface area contributed by atoms with Crippen LogP contribution in [-0.2, 0) is 10.0 Å². The number of piperazine rings is 1. The molecular formula is C23H28FN9O3S. The molecule has 5 heterocycles. The minimum atomic E-state index is -3.19. The van der Waals surface area contributed by atoms with Crippen molar-refractivity contribution in [1.29, 1.82) is 0 Å². The summed E-state index contributed by atoms with van der Waals surface area (Å²) in [6, 6.07) is 3.83. The van der Waals surface area contributed by atoms with Crippen LogP contribution in [0.3, 0.4) is 0 Å². The van der Waals surface area contributed by atoms with E-state index in [2.05, 4.69) is 53.9 Å². The third-order valence-corrected chi connectivity index (χ3v) is 7.54. The molecule has 0 saturated carbocycles. The summed E-state index contributed by atoms with van der Waals surface area (Å²) in [5.74, 6) is 1.27. The standard InChI is InChI=1S/C23H28FN9O3S/c1-15(2)33-10-11-36-18-14-26-21(30-22(18)33)20-17(24)13-27-23(29-20)28-19-5-4-16(12-25-19)31-6-8-32(9-7-31)37(3,34)35/h4-5,12-15H,6-11H2,1-3H3,(H,25,27,28,29). The van der Waals surface area contributed by atoms with Gasteiger partial charge in [0.05, 0.1) is 37.1 Å². The van der Waals surface area contributed by atoms with E-state index >= 15 is 0 Å². The van der Waals surface area contributed by atoms with Crippen LogP contribution in [0.25, 0.3) is 11.5 Å². The number of pyridine rings is 1. The van der Waals surface area contributed by atoms with Crippen molar-refractivity contribution in [2.75, 3.05) is 60.7 Å². The Balaban J connectivity index is 1.31. The van der Waals surface area contributed by atoms with Gasteiger partial charge in [-0.1, -0.05) is 0 Å². The molecule has 2 aliphatic heterocycles. The summed E-state index contributed by atoms with van der Waals surface area (Å²) in [4.78, 5) is 25.7. The number of nitrogens with one attached hydrogen (secondary N) is 1. The first kappa shape index (κ1) is 25.0. The van der Waals surface area contributed by atoms with Crippen molar-refractivity contribution in [3.63, 3.8) is 0 Å². The number of anilines is 4. The number of halogens is 1. The predicted octanol–water partition coefficient (Wildman–Crippen LogP) is 1.90. The van der Waals surface area contributed by atoms with Crippen LogP contribution in [0.1, 0.15) is 13.8 Å². The molecule has 0 bridgehead atoms. The van der Waals surface area contributed by atoms with Crippen LogP contribution in [0, 0.1) is 5.82 Å². The van der Waals surface area contributed by atoms with E-state index in [0.29, 0.717) is 56.7 Å². The summed E-state index contributed by atoms with van der Waals surface area (Å²) in [5, 5.41) is 2.99. The molecule has 5 rings (SSSR count). The molecule has 0 unspecified atom stereocenters. The van der Waals surface area contributed by atoms with Crippen LogP contribution in [0.4, 0.5) is 27.7 Å². The first-order valence-electron chi connectivity index (χ1n) is 11.9. The van der Waals surface area contributed by atoms with Crippen LogP contribution in [0.5, 0.6) is 5.75 Å². The number of hydrogen-bond acceptors (Lipinski definition) is 11. The smallest absolute Gasteiger partial charge is 0.229 e. The molecule has 12 nitrogen and oxygen atoms in total. The van der Waals surface area contributed by atoms with Crippen molar-refractivity contribution >= 4 is 33.3 Å². The van der Waals surface area contributed by atoms with Crippen molar-refractivity contribution < 1.29 is 17.5 Å². The molecule has 0 radical (unpaired) electrons. The van der Waals surface area contributed by atoms with Crippen molar-refractivity contribution in [2.45, 2.75) is 19.9 Å². The number of ether oxygens (including phenoxy) is 1. The molecule has 0 amide bonds. The Kier molecular flexibility index (Phi) is 6.77. The average Bonchev–Trinajstić information content (AvgIpc) is 2.89. The second-order valence-corrected chi connectivity index (χ2v) is 11.1. The molecule has 0 atom stereocenters. The van der Waals surface area contributed by atoms with E-state index in [9.17, 15) is 12.8 Å². The van der Waals surface area contributed by atoms with Crippen LogP contribution in [0.2, 0.25) is 0 Å². The molecule has 0 spiro atoms. The van der Waals surface area contributed by atoms with E-state index in [1.807, 2.05) is 6.07 Å². The van der Waals surface area contributed by atoms with Gasteiger partial charge in [0.2, 0.25) is 16.0 Å². The third kappa shape index (κ3) is 5.39. The topological polar surface area (TPSA) is 130 Å². The van der Waals surface area contributed by atoms with Crippen LogP contribution in [-0.4, -0.2) is 89.3 Å². The van der Waals surface area contributed by atoms with Gasteiger partial charge in [0.15, 0.2) is 23.2 Å². The Morgan fingerprint density at radius 2 is 1.78 bits per heavy atom. The van der Waals surface area contributed by atoms with Gasteiger partial charge < -0.3 is 19.9 Å². The maximum atomic E-state index is 14.7. The van der Waals surface area contributed by atoms with Crippen LogP contribution < -0.4 is 19.9 Å². The number of fused-ring (bicyclic) bond motifs is 1. The summed E-state index contributed by atoms with van der Waals surface area (Å²) in [5.41, 5.74) is 0.841. The largest absolute Gasteiger partial charge is 0.486 e. The molecule has 196 valence electrons. The highest BCUT2D eigenvalue weighted by atomic mass is 32.2. The monoisotopic (exact) mass is 529 g/mol. The summed E-state index contributed by atoms with van der Waals surface area (Å²) < 4.78 is 45.3. The Bertz CT molecular complexity index is 1380. The molecule has 1 N–H and O–H groups in total. The lowest BCUT2D eigenvalue weighted by atomic mass is 10.2. The predicted molar refractivity (Wildman–Crippen MR) is 137 cm³/mol. The van der Waals surface area contributed by atoms with Gasteiger partial charge in [-0.05, 0) is 26.0 Å². The van der Waals surface area contributed by atoms with E-state index in [1.54, 1.807) is 12.3 Å². The van der Waals surface area contributed by atoms with Crippen molar-refractivity contribution in [2.24, 2.45) is 0 Å². The summed E-state index contributed by atoms with van der Waals surface area (Å²) >= 11 is 0. The van der Waals surface area contributed by atoms with Crippen LogP contribution in [0.15, 0.2) is 30.7 Å². The molecule has 1 saturated heterocycles. The fourth-order valence-corrected chi connectivity index (χ4v) is 5.10. The number of hydrogen-bond donors (Lipinski definition) is 1. The average molecular weight is 530 g/mol. The van der Waals surface area contributed by atoms with Gasteiger partial charge in [-0.25, -0.2) is 37.7 Å². The summed E-state index contributed by atoms with van der Waals surface area (Å²) in [7, 11) is -3.19. The maximum absolute atomic E-state index is 14.7. The first-order valence-corrected chi connectivity index (χ1v) is 13.8. The fourth-order valence-electron chi connectivity index (χ4n) is 4.27. The lowest BCUT2D eigenvalue weighted by molar-refractivity contribution is 0.299. The highest BCUT2D eigenvalue weighted by Crippen LogP contribution is 2.32. The highest BCUT2D eigenvalue weighted by Gasteiger charge is 2.25. The van der Waals surface area contributed by atoms with Crippen molar-refractivity contribution in [1.82, 2.24) is 29.2 Å². The van der Waals surface area contributed by atoms with E-state index < -0.39 is 15.8 Å². The maximum Gasteiger partial charge on any atom is 0.229 e. The van der Waals surface area contributed by atoms with E-state index in [4.69, 9.17) is 4.74 Å². The van der Waals surface area contributed by atoms with Gasteiger partial charge in [-0.3, -0.25) is 0 Å². The van der Waals surface area contributed by atoms with Gasteiger partial charge in [0, 0.05) is 32.2 Å². The number of aromatic nitrogens is 5. The Morgan fingerprint density at radius 3 is 2.46 bits per heavy atom. The summed E-state index contributed by atoms with van der Waals surface area (Å²) in [6.45, 7) is 7.32. The minimum absolute atomic E-state index is 0.0325. The Morgan fingerprint density at radius 1 is 1.00 bits per heavy atom. The second kappa shape index (κ2) is 10.0. The van der Waals surface area contributed by atoms with Crippen molar-refractivity contribution in [3.8, 4) is 17.3 Å². The number of rotatable bonds is 6. The molecule has 1 fully saturated rings. The third-order valence-electron chi connectivity index (χ3n) is 6.24. The van der Waals surface area contributed by atoms with Gasteiger partial charge in [0.25, 0.3) is 0 Å². The Hall–Kier alpha value is -3.65. The normalized spacial score (nSPS) is 16.5. The van der Waals surface area contributed by atoms with Gasteiger partial charge in [-0.2, -0.15) is 4.31 Å². The molecule has 0 aliphatic carbocycles. The molecule has 3 aromatic heterocycles. The zero-order chi connectivity index (χ0) is 26.2. The summed E-state index contributed by atoms with van der Waals surface area (Å²) in [6.07, 6.45) is 5.52. The van der Waals surface area contributed by atoms with Gasteiger partial charge in [-0.15, -0.1) is 0 Å². The van der Waals surface area contributed by atoms with Gasteiger partial charge >= 0.3 is 0 Å². The van der Waals surface area contributed by atoms with E-state index in [1.165, 1.54) is 16.8 Å². The zero-order valence-corrected chi connectivity index (χ0v) is 21.6. The number of sulfonamides is 1. The SMILES string of the molecule is CC(C)N1CCOc2cnc(-c3nc(Nc4ccc(N5CCN(S(C)(=O)=O)CC5)cn4)ncc3F)nc21. The molecular weight excluding hydrogens is 501 g/mol. The zero-order valence-electron chi connectivity index (χ0n) is 20.8. The fraction of sp³-hybridized carbons (Fsp3) is 0.435.